The Kier molecular flexibility index (Phi) is 5.17. The van der Waals surface area contributed by atoms with E-state index < -0.39 is 0 Å². The van der Waals surface area contributed by atoms with Crippen LogP contribution in [0.2, 0.25) is 0 Å². The van der Waals surface area contributed by atoms with Crippen LogP contribution < -0.4 is 14.8 Å². The van der Waals surface area contributed by atoms with Gasteiger partial charge in [0.1, 0.15) is 5.75 Å². The first kappa shape index (κ1) is 15.3. The van der Waals surface area contributed by atoms with E-state index >= 15 is 0 Å². The van der Waals surface area contributed by atoms with Gasteiger partial charge in [-0.2, -0.15) is 0 Å². The van der Waals surface area contributed by atoms with E-state index in [1.165, 1.54) is 13.2 Å². The van der Waals surface area contributed by atoms with Crippen molar-refractivity contribution in [1.29, 1.82) is 0 Å². The third-order valence-electron chi connectivity index (χ3n) is 3.45. The van der Waals surface area contributed by atoms with Gasteiger partial charge in [0, 0.05) is 12.6 Å². The van der Waals surface area contributed by atoms with Crippen molar-refractivity contribution < 1.29 is 13.9 Å². The number of hydrogen-bond acceptors (Lipinski definition) is 3. The lowest BCUT2D eigenvalue weighted by atomic mass is 10.1. The molecule has 21 heavy (non-hydrogen) atoms. The smallest absolute Gasteiger partial charge is 0.165 e. The summed E-state index contributed by atoms with van der Waals surface area (Å²) in [7, 11) is 3.11. The molecule has 1 N–H and O–H groups in total. The van der Waals surface area contributed by atoms with Crippen molar-refractivity contribution in [2.24, 2.45) is 0 Å². The Bertz CT molecular complexity index is 584. The number of ether oxygens (including phenoxy) is 2. The van der Waals surface area contributed by atoms with Crippen LogP contribution >= 0.6 is 0 Å². The maximum absolute atomic E-state index is 13.7. The highest BCUT2D eigenvalue weighted by molar-refractivity contribution is 5.31. The summed E-state index contributed by atoms with van der Waals surface area (Å²) in [5.74, 6) is 0.762. The Balaban J connectivity index is 1.97. The van der Waals surface area contributed by atoms with E-state index in [2.05, 4.69) is 5.32 Å². The molecular formula is C17H20FNO2. The van der Waals surface area contributed by atoms with Crippen LogP contribution in [-0.4, -0.2) is 14.2 Å². The molecule has 0 aromatic heterocycles. The zero-order valence-electron chi connectivity index (χ0n) is 12.5. The zero-order chi connectivity index (χ0) is 15.2. The highest BCUT2D eigenvalue weighted by Crippen LogP contribution is 2.22. The summed E-state index contributed by atoms with van der Waals surface area (Å²) in [4.78, 5) is 0. The second-order valence-corrected chi connectivity index (χ2v) is 4.84. The maximum atomic E-state index is 13.7. The average Bonchev–Trinajstić information content (AvgIpc) is 2.53. The van der Waals surface area contributed by atoms with E-state index in [4.69, 9.17) is 9.47 Å². The topological polar surface area (TPSA) is 30.5 Å². The third kappa shape index (κ3) is 3.95. The van der Waals surface area contributed by atoms with E-state index in [0.29, 0.717) is 6.54 Å². The van der Waals surface area contributed by atoms with Gasteiger partial charge in [-0.1, -0.05) is 18.2 Å². The Labute approximate surface area is 124 Å². The highest BCUT2D eigenvalue weighted by atomic mass is 19.1. The van der Waals surface area contributed by atoms with Crippen molar-refractivity contribution in [1.82, 2.24) is 5.32 Å². The second kappa shape index (κ2) is 7.09. The van der Waals surface area contributed by atoms with Gasteiger partial charge in [0.2, 0.25) is 0 Å². The van der Waals surface area contributed by atoms with Crippen LogP contribution in [0.1, 0.15) is 24.1 Å². The predicted octanol–water partition coefficient (Wildman–Crippen LogP) is 3.69. The van der Waals surface area contributed by atoms with Gasteiger partial charge in [0.15, 0.2) is 11.6 Å². The van der Waals surface area contributed by atoms with Gasteiger partial charge in [0.25, 0.3) is 0 Å². The van der Waals surface area contributed by atoms with Gasteiger partial charge in [-0.05, 0) is 42.3 Å². The molecule has 0 bridgehead atoms. The molecule has 1 unspecified atom stereocenters. The second-order valence-electron chi connectivity index (χ2n) is 4.84. The molecule has 0 heterocycles. The molecule has 4 heteroatoms. The molecular weight excluding hydrogens is 269 g/mol. The molecule has 0 radical (unpaired) electrons. The summed E-state index contributed by atoms with van der Waals surface area (Å²) in [6, 6.07) is 12.9. The number of benzene rings is 2. The fourth-order valence-electron chi connectivity index (χ4n) is 2.08. The SMILES string of the molecule is COc1ccc(CNC(C)c2ccc(OC)c(F)c2)cc1. The molecule has 0 aliphatic rings. The Hall–Kier alpha value is -2.07. The lowest BCUT2D eigenvalue weighted by Gasteiger charge is -2.15. The molecule has 0 fully saturated rings. The first-order valence-electron chi connectivity index (χ1n) is 6.83. The molecule has 2 rings (SSSR count). The van der Waals surface area contributed by atoms with E-state index in [0.717, 1.165) is 16.9 Å². The quantitative estimate of drug-likeness (QED) is 0.879. The predicted molar refractivity (Wildman–Crippen MR) is 81.2 cm³/mol. The van der Waals surface area contributed by atoms with Crippen LogP contribution in [0.15, 0.2) is 42.5 Å². The molecule has 0 amide bonds. The van der Waals surface area contributed by atoms with E-state index in [1.807, 2.05) is 37.3 Å². The van der Waals surface area contributed by atoms with Gasteiger partial charge < -0.3 is 14.8 Å². The lowest BCUT2D eigenvalue weighted by Crippen LogP contribution is -2.18. The summed E-state index contributed by atoms with van der Waals surface area (Å²) in [6.07, 6.45) is 0. The average molecular weight is 289 g/mol. The minimum absolute atomic E-state index is 0.0486. The van der Waals surface area contributed by atoms with Crippen molar-refractivity contribution in [2.75, 3.05) is 14.2 Å². The Morgan fingerprint density at radius 3 is 2.33 bits per heavy atom. The standard InChI is InChI=1S/C17H20FNO2/c1-12(14-6-9-17(21-3)16(18)10-14)19-11-13-4-7-15(20-2)8-5-13/h4-10,12,19H,11H2,1-3H3. The maximum Gasteiger partial charge on any atom is 0.165 e. The van der Waals surface area contributed by atoms with Crippen LogP contribution in [-0.2, 0) is 6.54 Å². The zero-order valence-corrected chi connectivity index (χ0v) is 12.5. The molecule has 0 spiro atoms. The summed E-state index contributed by atoms with van der Waals surface area (Å²) >= 11 is 0. The summed E-state index contributed by atoms with van der Waals surface area (Å²) in [5.41, 5.74) is 2.04. The van der Waals surface area contributed by atoms with E-state index in [-0.39, 0.29) is 17.6 Å². The van der Waals surface area contributed by atoms with Crippen LogP contribution in [0, 0.1) is 5.82 Å². The molecule has 0 aliphatic carbocycles. The summed E-state index contributed by atoms with van der Waals surface area (Å²) in [6.45, 7) is 2.71. The number of hydrogen-bond donors (Lipinski definition) is 1. The van der Waals surface area contributed by atoms with Crippen molar-refractivity contribution in [2.45, 2.75) is 19.5 Å². The first-order valence-corrected chi connectivity index (χ1v) is 6.83. The Morgan fingerprint density at radius 2 is 1.76 bits per heavy atom. The van der Waals surface area contributed by atoms with Crippen LogP contribution in [0.5, 0.6) is 11.5 Å². The molecule has 3 nitrogen and oxygen atoms in total. The van der Waals surface area contributed by atoms with Gasteiger partial charge in [0.05, 0.1) is 14.2 Å². The highest BCUT2D eigenvalue weighted by Gasteiger charge is 2.09. The minimum Gasteiger partial charge on any atom is -0.497 e. The van der Waals surface area contributed by atoms with Crippen LogP contribution in [0.4, 0.5) is 4.39 Å². The van der Waals surface area contributed by atoms with Crippen LogP contribution in [0.25, 0.3) is 0 Å². The summed E-state index contributed by atoms with van der Waals surface area (Å²) < 4.78 is 23.7. The van der Waals surface area contributed by atoms with Crippen molar-refractivity contribution >= 4 is 0 Å². The van der Waals surface area contributed by atoms with Gasteiger partial charge in [-0.15, -0.1) is 0 Å². The number of halogens is 1. The normalized spacial score (nSPS) is 12.0. The lowest BCUT2D eigenvalue weighted by molar-refractivity contribution is 0.385. The minimum atomic E-state index is -0.340. The van der Waals surface area contributed by atoms with Gasteiger partial charge in [-0.25, -0.2) is 4.39 Å². The molecule has 0 aliphatic heterocycles. The Morgan fingerprint density at radius 1 is 1.05 bits per heavy atom. The molecule has 2 aromatic rings. The van der Waals surface area contributed by atoms with Gasteiger partial charge >= 0.3 is 0 Å². The van der Waals surface area contributed by atoms with Crippen molar-refractivity contribution in [3.05, 3.63) is 59.4 Å². The fraction of sp³-hybridized carbons (Fsp3) is 0.294. The number of rotatable bonds is 6. The molecule has 112 valence electrons. The van der Waals surface area contributed by atoms with Gasteiger partial charge in [-0.3, -0.25) is 0 Å². The fourth-order valence-corrected chi connectivity index (χ4v) is 2.08. The van der Waals surface area contributed by atoms with E-state index in [1.54, 1.807) is 13.2 Å². The van der Waals surface area contributed by atoms with Crippen molar-refractivity contribution in [3.63, 3.8) is 0 Å². The number of methoxy groups -OCH3 is 2. The molecule has 1 atom stereocenters. The molecule has 0 saturated heterocycles. The molecule has 0 saturated carbocycles. The van der Waals surface area contributed by atoms with Crippen LogP contribution in [0.3, 0.4) is 0 Å². The van der Waals surface area contributed by atoms with E-state index in [9.17, 15) is 4.39 Å². The first-order chi connectivity index (χ1) is 10.1. The van der Waals surface area contributed by atoms with Crippen molar-refractivity contribution in [3.8, 4) is 11.5 Å². The monoisotopic (exact) mass is 289 g/mol. The largest absolute Gasteiger partial charge is 0.497 e. The summed E-state index contributed by atoms with van der Waals surface area (Å²) in [5, 5.41) is 3.37. The third-order valence-corrected chi connectivity index (χ3v) is 3.45. The number of nitrogens with one attached hydrogen (secondary N) is 1. The molecule has 2 aromatic carbocycles.